The number of hydrogen-bond donors (Lipinski definition) is 1. The van der Waals surface area contributed by atoms with Gasteiger partial charge in [-0.2, -0.15) is 0 Å². The minimum atomic E-state index is -0.551. The van der Waals surface area contributed by atoms with Crippen LogP contribution < -0.4 is 0 Å². The van der Waals surface area contributed by atoms with E-state index in [9.17, 15) is 5.11 Å². The average Bonchev–Trinajstić information content (AvgIpc) is 2.15. The van der Waals surface area contributed by atoms with Gasteiger partial charge in [0, 0.05) is 0 Å². The van der Waals surface area contributed by atoms with E-state index in [0.717, 1.165) is 31.6 Å². The minimum absolute atomic E-state index is 0.551. The van der Waals surface area contributed by atoms with Crippen molar-refractivity contribution < 1.29 is 5.11 Å². The maximum atomic E-state index is 9.86. The summed E-state index contributed by atoms with van der Waals surface area (Å²) in [6, 6.07) is 0. The minimum Gasteiger partial charge on any atom is -0.386 e. The van der Waals surface area contributed by atoms with Gasteiger partial charge >= 0.3 is 0 Å². The maximum Gasteiger partial charge on any atom is 0.0825 e. The zero-order valence-corrected chi connectivity index (χ0v) is 7.34. The molecule has 1 heteroatoms. The average molecular weight is 154 g/mol. The van der Waals surface area contributed by atoms with Crippen LogP contribution in [0.5, 0.6) is 0 Å². The second kappa shape index (κ2) is 3.40. The van der Waals surface area contributed by atoms with Crippen molar-refractivity contribution in [3.63, 3.8) is 0 Å². The predicted molar refractivity (Wildman–Crippen MR) is 47.4 cm³/mol. The van der Waals surface area contributed by atoms with Gasteiger partial charge in [0.05, 0.1) is 5.60 Å². The van der Waals surface area contributed by atoms with Crippen molar-refractivity contribution in [3.8, 4) is 0 Å². The van der Waals surface area contributed by atoms with Crippen LogP contribution in [0.4, 0.5) is 0 Å². The molecule has 0 amide bonds. The fraction of sp³-hybridized carbons (Fsp3) is 0.800. The van der Waals surface area contributed by atoms with Gasteiger partial charge in [-0.05, 0) is 31.6 Å². The number of hydrogen-bond acceptors (Lipinski definition) is 1. The van der Waals surface area contributed by atoms with Crippen molar-refractivity contribution in [2.75, 3.05) is 0 Å². The van der Waals surface area contributed by atoms with Crippen molar-refractivity contribution in [1.82, 2.24) is 0 Å². The van der Waals surface area contributed by atoms with E-state index in [2.05, 4.69) is 13.5 Å². The van der Waals surface area contributed by atoms with E-state index in [1.54, 1.807) is 6.08 Å². The summed E-state index contributed by atoms with van der Waals surface area (Å²) >= 11 is 0. The van der Waals surface area contributed by atoms with E-state index < -0.39 is 5.60 Å². The normalized spacial score (nSPS) is 39.6. The van der Waals surface area contributed by atoms with Gasteiger partial charge in [-0.25, -0.2) is 0 Å². The van der Waals surface area contributed by atoms with Crippen molar-refractivity contribution in [2.45, 2.75) is 44.6 Å². The Bertz CT molecular complexity index is 142. The van der Waals surface area contributed by atoms with Crippen LogP contribution in [-0.2, 0) is 0 Å². The predicted octanol–water partition coefficient (Wildman–Crippen LogP) is 2.50. The van der Waals surface area contributed by atoms with Gasteiger partial charge < -0.3 is 5.11 Å². The second-order valence-electron chi connectivity index (χ2n) is 3.84. The first-order chi connectivity index (χ1) is 5.16. The summed E-state index contributed by atoms with van der Waals surface area (Å²) in [5.74, 6) is 0.781. The lowest BCUT2D eigenvalue weighted by atomic mass is 9.94. The van der Waals surface area contributed by atoms with Crippen molar-refractivity contribution in [1.29, 1.82) is 0 Å². The van der Waals surface area contributed by atoms with Crippen LogP contribution in [0, 0.1) is 5.92 Å². The first kappa shape index (κ1) is 8.79. The molecule has 0 radical (unpaired) electrons. The largest absolute Gasteiger partial charge is 0.386 e. The van der Waals surface area contributed by atoms with Crippen molar-refractivity contribution >= 4 is 0 Å². The lowest BCUT2D eigenvalue weighted by Gasteiger charge is -2.21. The first-order valence-corrected chi connectivity index (χ1v) is 4.52. The molecular formula is C10H18O. The maximum absolute atomic E-state index is 9.86. The monoisotopic (exact) mass is 154 g/mol. The summed E-state index contributed by atoms with van der Waals surface area (Å²) in [6.07, 6.45) is 7.06. The van der Waals surface area contributed by atoms with E-state index in [-0.39, 0.29) is 0 Å². The van der Waals surface area contributed by atoms with Crippen LogP contribution in [0.2, 0.25) is 0 Å². The summed E-state index contributed by atoms with van der Waals surface area (Å²) in [7, 11) is 0. The molecule has 1 rings (SSSR count). The van der Waals surface area contributed by atoms with Crippen molar-refractivity contribution in [2.24, 2.45) is 5.92 Å². The highest BCUT2D eigenvalue weighted by Gasteiger charge is 2.25. The Morgan fingerprint density at radius 1 is 1.45 bits per heavy atom. The molecule has 2 unspecified atom stereocenters. The molecule has 1 fully saturated rings. The van der Waals surface area contributed by atoms with E-state index >= 15 is 0 Å². The van der Waals surface area contributed by atoms with E-state index in [4.69, 9.17) is 0 Å². The molecule has 1 saturated carbocycles. The lowest BCUT2D eigenvalue weighted by Crippen LogP contribution is -2.23. The van der Waals surface area contributed by atoms with Crippen LogP contribution in [-0.4, -0.2) is 10.7 Å². The quantitative estimate of drug-likeness (QED) is 0.454. The molecule has 64 valence electrons. The fourth-order valence-corrected chi connectivity index (χ4v) is 1.73. The van der Waals surface area contributed by atoms with E-state index in [1.165, 1.54) is 6.42 Å². The third kappa shape index (κ3) is 2.33. The zero-order chi connectivity index (χ0) is 8.32. The zero-order valence-electron chi connectivity index (χ0n) is 7.34. The smallest absolute Gasteiger partial charge is 0.0825 e. The summed E-state index contributed by atoms with van der Waals surface area (Å²) < 4.78 is 0. The highest BCUT2D eigenvalue weighted by Crippen LogP contribution is 2.30. The van der Waals surface area contributed by atoms with Gasteiger partial charge in [0.2, 0.25) is 0 Å². The summed E-state index contributed by atoms with van der Waals surface area (Å²) in [5, 5.41) is 9.86. The third-order valence-electron chi connectivity index (χ3n) is 2.76. The highest BCUT2D eigenvalue weighted by molar-refractivity contribution is 4.96. The first-order valence-electron chi connectivity index (χ1n) is 4.52. The standard InChI is InChI=1S/C10H18O/c1-3-10(11)7-4-5-9(2)6-8-10/h3,9,11H,1,4-8H2,2H3. The molecule has 0 aliphatic heterocycles. The molecule has 0 aromatic heterocycles. The van der Waals surface area contributed by atoms with Crippen LogP contribution in [0.1, 0.15) is 39.0 Å². The van der Waals surface area contributed by atoms with Gasteiger partial charge in [-0.1, -0.05) is 19.4 Å². The van der Waals surface area contributed by atoms with Crippen LogP contribution >= 0.6 is 0 Å². The van der Waals surface area contributed by atoms with E-state index in [1.807, 2.05) is 0 Å². The van der Waals surface area contributed by atoms with Gasteiger partial charge in [0.25, 0.3) is 0 Å². The van der Waals surface area contributed by atoms with Gasteiger partial charge in [-0.3, -0.25) is 0 Å². The second-order valence-corrected chi connectivity index (χ2v) is 3.84. The summed E-state index contributed by atoms with van der Waals surface area (Å²) in [5.41, 5.74) is -0.551. The third-order valence-corrected chi connectivity index (χ3v) is 2.76. The molecule has 1 aliphatic carbocycles. The molecule has 0 aromatic carbocycles. The summed E-state index contributed by atoms with van der Waals surface area (Å²) in [6.45, 7) is 5.93. The molecule has 1 nitrogen and oxygen atoms in total. The topological polar surface area (TPSA) is 20.2 Å². The molecule has 0 bridgehead atoms. The molecule has 1 aliphatic rings. The molecule has 0 heterocycles. The Hall–Kier alpha value is -0.300. The van der Waals surface area contributed by atoms with Crippen LogP contribution in [0.15, 0.2) is 12.7 Å². The molecule has 0 aromatic rings. The molecule has 0 spiro atoms. The molecule has 2 atom stereocenters. The lowest BCUT2D eigenvalue weighted by molar-refractivity contribution is 0.0741. The van der Waals surface area contributed by atoms with Gasteiger partial charge in [0.1, 0.15) is 0 Å². The van der Waals surface area contributed by atoms with Crippen LogP contribution in [0.25, 0.3) is 0 Å². The Morgan fingerprint density at radius 2 is 2.18 bits per heavy atom. The molecule has 0 saturated heterocycles. The van der Waals surface area contributed by atoms with Crippen LogP contribution in [0.3, 0.4) is 0 Å². The van der Waals surface area contributed by atoms with E-state index in [0.29, 0.717) is 0 Å². The van der Waals surface area contributed by atoms with Crippen molar-refractivity contribution in [3.05, 3.63) is 12.7 Å². The molecule has 1 N–H and O–H groups in total. The molecular weight excluding hydrogens is 136 g/mol. The SMILES string of the molecule is C=CC1(O)CCCC(C)CC1. The summed E-state index contributed by atoms with van der Waals surface area (Å²) in [4.78, 5) is 0. The fourth-order valence-electron chi connectivity index (χ4n) is 1.73. The van der Waals surface area contributed by atoms with Gasteiger partial charge in [-0.15, -0.1) is 6.58 Å². The number of rotatable bonds is 1. The molecule has 11 heavy (non-hydrogen) atoms. The number of aliphatic hydroxyl groups is 1. The Morgan fingerprint density at radius 3 is 2.82 bits per heavy atom. The van der Waals surface area contributed by atoms with Gasteiger partial charge in [0.15, 0.2) is 0 Å². The highest BCUT2D eigenvalue weighted by atomic mass is 16.3. The Labute approximate surface area is 69.1 Å². The Kier molecular flexibility index (Phi) is 2.72. The Balaban J connectivity index is 2.51.